The summed E-state index contributed by atoms with van der Waals surface area (Å²) in [5.41, 5.74) is 1.51. The molecule has 0 aliphatic carbocycles. The number of esters is 1. The number of hydrogen-bond acceptors (Lipinski definition) is 4. The standard InChI is InChI=1S/C19H15ClFN3O3/c20-14-3-1-2-13(8-14)9-23-18(25)11-27-19(26)17-10-22-12-24(17)16-6-4-15(21)5-7-16/h1-8,10,12H,9,11H2,(H,23,25). The Kier molecular flexibility index (Phi) is 5.83. The fourth-order valence-corrected chi connectivity index (χ4v) is 2.57. The summed E-state index contributed by atoms with van der Waals surface area (Å²) in [5.74, 6) is -1.55. The molecule has 0 atom stereocenters. The first-order valence-electron chi connectivity index (χ1n) is 7.99. The predicted octanol–water partition coefficient (Wildman–Crippen LogP) is 3.14. The van der Waals surface area contributed by atoms with Crippen molar-refractivity contribution in [3.63, 3.8) is 0 Å². The lowest BCUT2D eigenvalue weighted by Crippen LogP contribution is -2.28. The number of nitrogens with zero attached hydrogens (tertiary/aromatic N) is 2. The number of halogens is 2. The molecule has 138 valence electrons. The highest BCUT2D eigenvalue weighted by Crippen LogP contribution is 2.13. The third kappa shape index (κ3) is 4.92. The van der Waals surface area contributed by atoms with E-state index in [1.165, 1.54) is 41.4 Å². The fraction of sp³-hybridized carbons (Fsp3) is 0.105. The summed E-state index contributed by atoms with van der Waals surface area (Å²) in [6, 6.07) is 12.6. The third-order valence-corrected chi connectivity index (χ3v) is 3.90. The van der Waals surface area contributed by atoms with Gasteiger partial charge in [0.25, 0.3) is 5.91 Å². The minimum Gasteiger partial charge on any atom is -0.451 e. The van der Waals surface area contributed by atoms with Crippen molar-refractivity contribution in [1.82, 2.24) is 14.9 Å². The number of carbonyl (C=O) groups is 2. The van der Waals surface area contributed by atoms with E-state index in [-0.39, 0.29) is 18.1 Å². The molecule has 0 unspecified atom stereocenters. The van der Waals surface area contributed by atoms with Gasteiger partial charge in [-0.2, -0.15) is 0 Å². The molecule has 3 aromatic rings. The van der Waals surface area contributed by atoms with Crippen molar-refractivity contribution in [2.75, 3.05) is 6.61 Å². The van der Waals surface area contributed by atoms with Gasteiger partial charge in [-0.05, 0) is 42.0 Å². The van der Waals surface area contributed by atoms with E-state index in [1.54, 1.807) is 18.2 Å². The van der Waals surface area contributed by atoms with E-state index in [0.29, 0.717) is 10.7 Å². The number of amides is 1. The van der Waals surface area contributed by atoms with Crippen LogP contribution in [0.25, 0.3) is 5.69 Å². The fourth-order valence-electron chi connectivity index (χ4n) is 2.36. The molecule has 0 bridgehead atoms. The highest BCUT2D eigenvalue weighted by molar-refractivity contribution is 6.30. The molecule has 0 saturated carbocycles. The van der Waals surface area contributed by atoms with Crippen LogP contribution >= 0.6 is 11.6 Å². The molecule has 0 aliphatic heterocycles. The van der Waals surface area contributed by atoms with Crippen LogP contribution in [0.5, 0.6) is 0 Å². The minimum atomic E-state index is -0.713. The molecule has 27 heavy (non-hydrogen) atoms. The van der Waals surface area contributed by atoms with Crippen molar-refractivity contribution >= 4 is 23.5 Å². The molecule has 0 fully saturated rings. The quantitative estimate of drug-likeness (QED) is 0.659. The van der Waals surface area contributed by atoms with E-state index in [0.717, 1.165) is 5.56 Å². The van der Waals surface area contributed by atoms with Gasteiger partial charge in [-0.1, -0.05) is 23.7 Å². The summed E-state index contributed by atoms with van der Waals surface area (Å²) < 4.78 is 19.5. The highest BCUT2D eigenvalue weighted by atomic mass is 35.5. The molecule has 1 N–H and O–H groups in total. The van der Waals surface area contributed by atoms with E-state index < -0.39 is 18.5 Å². The molecule has 1 amide bonds. The third-order valence-electron chi connectivity index (χ3n) is 3.67. The van der Waals surface area contributed by atoms with E-state index in [9.17, 15) is 14.0 Å². The van der Waals surface area contributed by atoms with Crippen molar-refractivity contribution in [3.8, 4) is 5.69 Å². The number of imidazole rings is 1. The second kappa shape index (κ2) is 8.46. The molecule has 2 aromatic carbocycles. The molecular formula is C19H15ClFN3O3. The summed E-state index contributed by atoms with van der Waals surface area (Å²) in [6.45, 7) is -0.168. The van der Waals surface area contributed by atoms with Crippen molar-refractivity contribution < 1.29 is 18.7 Å². The summed E-state index contributed by atoms with van der Waals surface area (Å²) in [4.78, 5) is 28.0. The Hall–Kier alpha value is -3.19. The SMILES string of the molecule is O=C(COC(=O)c1cncn1-c1ccc(F)cc1)NCc1cccc(Cl)c1. The molecule has 0 aliphatic rings. The van der Waals surface area contributed by atoms with Gasteiger partial charge in [0.15, 0.2) is 12.3 Å². The zero-order chi connectivity index (χ0) is 19.2. The van der Waals surface area contributed by atoms with Crippen LogP contribution in [-0.2, 0) is 16.1 Å². The van der Waals surface area contributed by atoms with Crippen LogP contribution in [0.2, 0.25) is 5.02 Å². The Balaban J connectivity index is 1.56. The molecule has 6 nitrogen and oxygen atoms in total. The van der Waals surface area contributed by atoms with E-state index in [4.69, 9.17) is 16.3 Å². The zero-order valence-electron chi connectivity index (χ0n) is 14.1. The lowest BCUT2D eigenvalue weighted by atomic mass is 10.2. The van der Waals surface area contributed by atoms with Gasteiger partial charge < -0.3 is 10.1 Å². The second-order valence-corrected chi connectivity index (χ2v) is 6.04. The van der Waals surface area contributed by atoms with Gasteiger partial charge in [-0.3, -0.25) is 9.36 Å². The van der Waals surface area contributed by atoms with Crippen LogP contribution in [0.15, 0.2) is 61.1 Å². The van der Waals surface area contributed by atoms with Gasteiger partial charge in [0.2, 0.25) is 0 Å². The number of rotatable bonds is 6. The van der Waals surface area contributed by atoms with Crippen molar-refractivity contribution in [1.29, 1.82) is 0 Å². The van der Waals surface area contributed by atoms with Gasteiger partial charge in [-0.15, -0.1) is 0 Å². The van der Waals surface area contributed by atoms with Crippen LogP contribution in [0.3, 0.4) is 0 Å². The smallest absolute Gasteiger partial charge is 0.357 e. The van der Waals surface area contributed by atoms with Crippen LogP contribution < -0.4 is 5.32 Å². The lowest BCUT2D eigenvalue weighted by molar-refractivity contribution is -0.124. The van der Waals surface area contributed by atoms with Crippen molar-refractivity contribution in [3.05, 3.63) is 83.2 Å². The largest absolute Gasteiger partial charge is 0.451 e. The molecule has 8 heteroatoms. The maximum absolute atomic E-state index is 13.0. The van der Waals surface area contributed by atoms with Crippen LogP contribution in [0.1, 0.15) is 16.1 Å². The van der Waals surface area contributed by atoms with Crippen LogP contribution in [0.4, 0.5) is 4.39 Å². The molecule has 0 spiro atoms. The van der Waals surface area contributed by atoms with Gasteiger partial charge in [0.05, 0.1) is 12.5 Å². The summed E-state index contributed by atoms with van der Waals surface area (Å²) >= 11 is 5.88. The van der Waals surface area contributed by atoms with Gasteiger partial charge in [0.1, 0.15) is 5.82 Å². The first kappa shape index (κ1) is 18.6. The summed E-state index contributed by atoms with van der Waals surface area (Å²) in [5, 5.41) is 3.21. The number of carbonyl (C=O) groups excluding carboxylic acids is 2. The second-order valence-electron chi connectivity index (χ2n) is 5.61. The Morgan fingerprint density at radius 1 is 1.19 bits per heavy atom. The van der Waals surface area contributed by atoms with E-state index >= 15 is 0 Å². The van der Waals surface area contributed by atoms with Gasteiger partial charge in [0, 0.05) is 17.3 Å². The zero-order valence-corrected chi connectivity index (χ0v) is 14.8. The number of hydrogen-bond donors (Lipinski definition) is 1. The topological polar surface area (TPSA) is 73.2 Å². The van der Waals surface area contributed by atoms with E-state index in [1.807, 2.05) is 6.07 Å². The first-order chi connectivity index (χ1) is 13.0. The number of benzene rings is 2. The number of ether oxygens (including phenoxy) is 1. The Morgan fingerprint density at radius 3 is 2.70 bits per heavy atom. The first-order valence-corrected chi connectivity index (χ1v) is 8.37. The molecule has 1 aromatic heterocycles. The van der Waals surface area contributed by atoms with Gasteiger partial charge >= 0.3 is 5.97 Å². The molecule has 1 heterocycles. The monoisotopic (exact) mass is 387 g/mol. The number of nitrogens with one attached hydrogen (secondary N) is 1. The average molecular weight is 388 g/mol. The Morgan fingerprint density at radius 2 is 1.96 bits per heavy atom. The molecule has 0 radical (unpaired) electrons. The summed E-state index contributed by atoms with van der Waals surface area (Å²) in [6.07, 6.45) is 2.72. The minimum absolute atomic E-state index is 0.129. The molecule has 0 saturated heterocycles. The molecular weight excluding hydrogens is 373 g/mol. The highest BCUT2D eigenvalue weighted by Gasteiger charge is 2.16. The van der Waals surface area contributed by atoms with Crippen molar-refractivity contribution in [2.45, 2.75) is 6.54 Å². The average Bonchev–Trinajstić information content (AvgIpc) is 3.15. The Bertz CT molecular complexity index is 957. The molecule has 3 rings (SSSR count). The lowest BCUT2D eigenvalue weighted by Gasteiger charge is -2.09. The Labute approximate surface area is 159 Å². The summed E-state index contributed by atoms with van der Waals surface area (Å²) in [7, 11) is 0. The van der Waals surface area contributed by atoms with E-state index in [2.05, 4.69) is 10.3 Å². The number of aromatic nitrogens is 2. The normalized spacial score (nSPS) is 10.4. The van der Waals surface area contributed by atoms with Crippen LogP contribution in [-0.4, -0.2) is 28.0 Å². The maximum atomic E-state index is 13.0. The van der Waals surface area contributed by atoms with Crippen molar-refractivity contribution in [2.24, 2.45) is 0 Å². The maximum Gasteiger partial charge on any atom is 0.357 e. The van der Waals surface area contributed by atoms with Crippen LogP contribution in [0, 0.1) is 5.82 Å². The van der Waals surface area contributed by atoms with Gasteiger partial charge in [-0.25, -0.2) is 14.2 Å². The predicted molar refractivity (Wildman–Crippen MR) is 97.1 cm³/mol.